The fraction of sp³-hybridized carbons (Fsp3) is 0.923. The fourth-order valence-electron chi connectivity index (χ4n) is 2.93. The van der Waals surface area contributed by atoms with E-state index in [-0.39, 0.29) is 17.9 Å². The van der Waals surface area contributed by atoms with Crippen LogP contribution in [-0.4, -0.2) is 30.5 Å². The minimum atomic E-state index is 0.0631. The van der Waals surface area contributed by atoms with Crippen molar-refractivity contribution in [3.8, 4) is 0 Å². The number of halogens is 1. The van der Waals surface area contributed by atoms with Crippen LogP contribution in [-0.2, 0) is 9.53 Å². The Morgan fingerprint density at radius 2 is 2.24 bits per heavy atom. The summed E-state index contributed by atoms with van der Waals surface area (Å²) in [5.41, 5.74) is 0. The normalized spacial score (nSPS) is 37.3. The summed E-state index contributed by atoms with van der Waals surface area (Å²) >= 11 is 6.06. The van der Waals surface area contributed by atoms with Crippen LogP contribution in [0.2, 0.25) is 0 Å². The van der Waals surface area contributed by atoms with Crippen LogP contribution < -0.4 is 5.32 Å². The van der Waals surface area contributed by atoms with E-state index < -0.39 is 0 Å². The van der Waals surface area contributed by atoms with Crippen LogP contribution in [0.4, 0.5) is 0 Å². The standard InChI is InChI=1S/C13H22ClNO2/c1-2-12-11(5-6-17-12)13(16)15-8-9-3-4-10(14)7-9/h9-12H,2-8H2,1H3,(H,15,16). The number of amides is 1. The number of hydrogen-bond acceptors (Lipinski definition) is 2. The molecule has 1 heterocycles. The van der Waals surface area contributed by atoms with E-state index in [2.05, 4.69) is 12.2 Å². The Hall–Kier alpha value is -0.280. The first kappa shape index (κ1) is 13.2. The lowest BCUT2D eigenvalue weighted by Crippen LogP contribution is -2.37. The molecule has 0 aromatic rings. The summed E-state index contributed by atoms with van der Waals surface area (Å²) < 4.78 is 5.54. The predicted molar refractivity (Wildman–Crippen MR) is 68.1 cm³/mol. The third-order valence-corrected chi connectivity index (χ3v) is 4.39. The van der Waals surface area contributed by atoms with Gasteiger partial charge < -0.3 is 10.1 Å². The minimum Gasteiger partial charge on any atom is -0.377 e. The zero-order chi connectivity index (χ0) is 12.3. The second-order valence-corrected chi connectivity index (χ2v) is 5.85. The molecule has 4 unspecified atom stereocenters. The molecular weight excluding hydrogens is 238 g/mol. The summed E-state index contributed by atoms with van der Waals surface area (Å²) in [6.45, 7) is 3.59. The van der Waals surface area contributed by atoms with Gasteiger partial charge in [0.15, 0.2) is 0 Å². The first-order chi connectivity index (χ1) is 8.20. The van der Waals surface area contributed by atoms with Crippen LogP contribution in [0, 0.1) is 11.8 Å². The first-order valence-corrected chi connectivity index (χ1v) is 7.17. The van der Waals surface area contributed by atoms with Gasteiger partial charge in [-0.25, -0.2) is 0 Å². The van der Waals surface area contributed by atoms with E-state index in [0.29, 0.717) is 11.3 Å². The number of ether oxygens (including phenoxy) is 1. The van der Waals surface area contributed by atoms with Crippen molar-refractivity contribution in [2.24, 2.45) is 11.8 Å². The summed E-state index contributed by atoms with van der Waals surface area (Å²) in [6.07, 6.45) is 5.19. The molecule has 2 aliphatic rings. The number of carbonyl (C=O) groups is 1. The number of rotatable bonds is 4. The van der Waals surface area contributed by atoms with Crippen LogP contribution in [0.15, 0.2) is 0 Å². The number of hydrogen-bond donors (Lipinski definition) is 1. The van der Waals surface area contributed by atoms with Gasteiger partial charge in [0, 0.05) is 18.5 Å². The molecule has 0 bridgehead atoms. The Bertz CT molecular complexity index is 272. The van der Waals surface area contributed by atoms with E-state index >= 15 is 0 Å². The highest BCUT2D eigenvalue weighted by atomic mass is 35.5. The van der Waals surface area contributed by atoms with Crippen molar-refractivity contribution in [1.82, 2.24) is 5.32 Å². The molecule has 2 fully saturated rings. The van der Waals surface area contributed by atoms with Crippen LogP contribution >= 0.6 is 11.6 Å². The maximum absolute atomic E-state index is 12.0. The second kappa shape index (κ2) is 6.05. The Morgan fingerprint density at radius 1 is 1.41 bits per heavy atom. The summed E-state index contributed by atoms with van der Waals surface area (Å²) in [5.74, 6) is 0.810. The lowest BCUT2D eigenvalue weighted by molar-refractivity contribution is -0.126. The van der Waals surface area contributed by atoms with Crippen molar-refractivity contribution in [3.05, 3.63) is 0 Å². The molecule has 1 saturated carbocycles. The number of carbonyl (C=O) groups excluding carboxylic acids is 1. The predicted octanol–water partition coefficient (Wildman–Crippen LogP) is 2.33. The molecule has 1 N–H and O–H groups in total. The average Bonchev–Trinajstić information content (AvgIpc) is 2.94. The molecule has 3 nitrogen and oxygen atoms in total. The molecule has 98 valence electrons. The van der Waals surface area contributed by atoms with E-state index in [4.69, 9.17) is 16.3 Å². The molecule has 0 radical (unpaired) electrons. The molecular formula is C13H22ClNO2. The van der Waals surface area contributed by atoms with Crippen LogP contribution in [0.25, 0.3) is 0 Å². The molecule has 4 atom stereocenters. The molecule has 4 heteroatoms. The van der Waals surface area contributed by atoms with E-state index in [9.17, 15) is 4.79 Å². The van der Waals surface area contributed by atoms with Gasteiger partial charge >= 0.3 is 0 Å². The summed E-state index contributed by atoms with van der Waals surface area (Å²) in [4.78, 5) is 12.0. The van der Waals surface area contributed by atoms with Crippen LogP contribution in [0.3, 0.4) is 0 Å². The van der Waals surface area contributed by atoms with Gasteiger partial charge in [-0.15, -0.1) is 11.6 Å². The highest BCUT2D eigenvalue weighted by Crippen LogP contribution is 2.29. The molecule has 0 aromatic heterocycles. The number of nitrogens with one attached hydrogen (secondary N) is 1. The lowest BCUT2D eigenvalue weighted by Gasteiger charge is -2.18. The van der Waals surface area contributed by atoms with Gasteiger partial charge in [0.1, 0.15) is 0 Å². The quantitative estimate of drug-likeness (QED) is 0.787. The van der Waals surface area contributed by atoms with E-state index in [0.717, 1.165) is 45.3 Å². The Morgan fingerprint density at radius 3 is 2.88 bits per heavy atom. The molecule has 17 heavy (non-hydrogen) atoms. The topological polar surface area (TPSA) is 38.3 Å². The van der Waals surface area contributed by atoms with Gasteiger partial charge in [-0.05, 0) is 38.0 Å². The van der Waals surface area contributed by atoms with Crippen molar-refractivity contribution in [1.29, 1.82) is 0 Å². The zero-order valence-electron chi connectivity index (χ0n) is 10.5. The van der Waals surface area contributed by atoms with E-state index in [1.807, 2.05) is 0 Å². The highest BCUT2D eigenvalue weighted by molar-refractivity contribution is 6.20. The average molecular weight is 260 g/mol. The maximum Gasteiger partial charge on any atom is 0.225 e. The van der Waals surface area contributed by atoms with Crippen LogP contribution in [0.5, 0.6) is 0 Å². The van der Waals surface area contributed by atoms with Gasteiger partial charge in [0.25, 0.3) is 0 Å². The SMILES string of the molecule is CCC1OCCC1C(=O)NCC1CCC(Cl)C1. The molecule has 0 spiro atoms. The zero-order valence-corrected chi connectivity index (χ0v) is 11.2. The van der Waals surface area contributed by atoms with Gasteiger partial charge in [-0.2, -0.15) is 0 Å². The largest absolute Gasteiger partial charge is 0.377 e. The Balaban J connectivity index is 1.73. The van der Waals surface area contributed by atoms with Crippen molar-refractivity contribution in [2.45, 2.75) is 50.5 Å². The van der Waals surface area contributed by atoms with Gasteiger partial charge in [0.05, 0.1) is 12.0 Å². The van der Waals surface area contributed by atoms with Crippen molar-refractivity contribution < 1.29 is 9.53 Å². The Labute approximate surface area is 108 Å². The second-order valence-electron chi connectivity index (χ2n) is 5.23. The fourth-order valence-corrected chi connectivity index (χ4v) is 3.30. The summed E-state index contributed by atoms with van der Waals surface area (Å²) in [7, 11) is 0. The maximum atomic E-state index is 12.0. The molecule has 1 amide bonds. The third-order valence-electron chi connectivity index (χ3n) is 3.99. The van der Waals surface area contributed by atoms with Crippen molar-refractivity contribution >= 4 is 17.5 Å². The summed E-state index contributed by atoms with van der Waals surface area (Å²) in [6, 6.07) is 0. The van der Waals surface area contributed by atoms with Gasteiger partial charge in [0.2, 0.25) is 5.91 Å². The molecule has 1 aliphatic heterocycles. The Kier molecular flexibility index (Phi) is 4.69. The first-order valence-electron chi connectivity index (χ1n) is 6.74. The molecule has 2 rings (SSSR count). The van der Waals surface area contributed by atoms with E-state index in [1.54, 1.807) is 0 Å². The molecule has 0 aromatic carbocycles. The van der Waals surface area contributed by atoms with Crippen molar-refractivity contribution in [3.63, 3.8) is 0 Å². The van der Waals surface area contributed by atoms with Crippen molar-refractivity contribution in [2.75, 3.05) is 13.2 Å². The lowest BCUT2D eigenvalue weighted by atomic mass is 9.98. The van der Waals surface area contributed by atoms with Crippen LogP contribution in [0.1, 0.15) is 39.0 Å². The summed E-state index contributed by atoms with van der Waals surface area (Å²) in [5, 5.41) is 3.39. The smallest absolute Gasteiger partial charge is 0.225 e. The number of alkyl halides is 1. The minimum absolute atomic E-state index is 0.0631. The molecule has 1 saturated heterocycles. The third kappa shape index (κ3) is 3.35. The monoisotopic (exact) mass is 259 g/mol. The van der Waals surface area contributed by atoms with E-state index in [1.165, 1.54) is 0 Å². The van der Waals surface area contributed by atoms with Gasteiger partial charge in [-0.1, -0.05) is 6.92 Å². The van der Waals surface area contributed by atoms with Gasteiger partial charge in [-0.3, -0.25) is 4.79 Å². The molecule has 1 aliphatic carbocycles. The highest BCUT2D eigenvalue weighted by Gasteiger charge is 2.33.